The predicted octanol–water partition coefficient (Wildman–Crippen LogP) is 2.53. The van der Waals surface area contributed by atoms with Gasteiger partial charge in [-0.2, -0.15) is 13.2 Å². The summed E-state index contributed by atoms with van der Waals surface area (Å²) in [6, 6.07) is 2.03. The molecule has 1 heterocycles. The first kappa shape index (κ1) is 10.1. The number of fused-ring (bicyclic) bond motifs is 1. The van der Waals surface area contributed by atoms with E-state index in [1.165, 1.54) is 6.07 Å². The van der Waals surface area contributed by atoms with Crippen LogP contribution in [0.1, 0.15) is 5.56 Å². The molecule has 1 aromatic carbocycles. The Balaban J connectivity index is 2.88. The van der Waals surface area contributed by atoms with Gasteiger partial charge < -0.3 is 9.97 Å². The Labute approximate surface area is 85.9 Å². The van der Waals surface area contributed by atoms with Crippen LogP contribution in [0.15, 0.2) is 16.9 Å². The second-order valence-corrected chi connectivity index (χ2v) is 3.39. The van der Waals surface area contributed by atoms with E-state index in [-0.39, 0.29) is 16.1 Å². The molecule has 0 aliphatic heterocycles. The van der Waals surface area contributed by atoms with Gasteiger partial charge in [0.15, 0.2) is 0 Å². The third kappa shape index (κ3) is 1.72. The standard InChI is InChI=1S/C8H4ClF3N2O/c9-3-1-4(8(10,11)12)6-5(2-3)13-7(15)14-6/h1-2H,(H2,13,14,15). The van der Waals surface area contributed by atoms with Gasteiger partial charge in [-0.15, -0.1) is 0 Å². The Hall–Kier alpha value is -1.43. The van der Waals surface area contributed by atoms with Gasteiger partial charge in [0.2, 0.25) is 0 Å². The van der Waals surface area contributed by atoms with Crippen molar-refractivity contribution in [3.63, 3.8) is 0 Å². The number of hydrogen-bond acceptors (Lipinski definition) is 1. The number of alkyl halides is 3. The van der Waals surface area contributed by atoms with Crippen molar-refractivity contribution in [2.24, 2.45) is 0 Å². The summed E-state index contributed by atoms with van der Waals surface area (Å²) in [5.74, 6) is 0. The second kappa shape index (κ2) is 3.03. The lowest BCUT2D eigenvalue weighted by atomic mass is 10.2. The van der Waals surface area contributed by atoms with E-state index in [9.17, 15) is 18.0 Å². The van der Waals surface area contributed by atoms with Crippen molar-refractivity contribution in [3.8, 4) is 0 Å². The highest BCUT2D eigenvalue weighted by Crippen LogP contribution is 2.35. The highest BCUT2D eigenvalue weighted by molar-refractivity contribution is 6.31. The fraction of sp³-hybridized carbons (Fsp3) is 0.125. The number of halogens is 4. The maximum Gasteiger partial charge on any atom is 0.418 e. The maximum absolute atomic E-state index is 12.5. The van der Waals surface area contributed by atoms with E-state index in [0.717, 1.165) is 6.07 Å². The summed E-state index contributed by atoms with van der Waals surface area (Å²) in [7, 11) is 0. The van der Waals surface area contributed by atoms with E-state index in [0.29, 0.717) is 0 Å². The topological polar surface area (TPSA) is 48.6 Å². The summed E-state index contributed by atoms with van der Waals surface area (Å²) in [6.07, 6.45) is -4.55. The molecule has 15 heavy (non-hydrogen) atoms. The van der Waals surface area contributed by atoms with Crippen LogP contribution in [-0.2, 0) is 6.18 Å². The molecule has 80 valence electrons. The average molecular weight is 237 g/mol. The Morgan fingerprint density at radius 3 is 2.47 bits per heavy atom. The number of imidazole rings is 1. The highest BCUT2D eigenvalue weighted by atomic mass is 35.5. The number of aromatic nitrogens is 2. The zero-order chi connectivity index (χ0) is 11.2. The van der Waals surface area contributed by atoms with Crippen LogP contribution in [-0.4, -0.2) is 9.97 Å². The predicted molar refractivity (Wildman–Crippen MR) is 48.9 cm³/mol. The lowest BCUT2D eigenvalue weighted by molar-refractivity contribution is -0.136. The van der Waals surface area contributed by atoms with Crippen LogP contribution in [0.25, 0.3) is 11.0 Å². The van der Waals surface area contributed by atoms with Crippen molar-refractivity contribution in [1.82, 2.24) is 9.97 Å². The molecule has 2 rings (SSSR count). The van der Waals surface area contributed by atoms with Gasteiger partial charge >= 0.3 is 11.9 Å². The number of nitrogens with one attached hydrogen (secondary N) is 2. The molecule has 0 bridgehead atoms. The van der Waals surface area contributed by atoms with Gasteiger partial charge in [-0.3, -0.25) is 0 Å². The van der Waals surface area contributed by atoms with Gasteiger partial charge in [0.05, 0.1) is 16.6 Å². The monoisotopic (exact) mass is 236 g/mol. The van der Waals surface area contributed by atoms with E-state index in [2.05, 4.69) is 9.97 Å². The van der Waals surface area contributed by atoms with Crippen molar-refractivity contribution in [1.29, 1.82) is 0 Å². The van der Waals surface area contributed by atoms with Gasteiger partial charge in [-0.1, -0.05) is 11.6 Å². The van der Waals surface area contributed by atoms with Crippen LogP contribution in [0.2, 0.25) is 5.02 Å². The van der Waals surface area contributed by atoms with E-state index in [1.54, 1.807) is 0 Å². The fourth-order valence-electron chi connectivity index (χ4n) is 1.33. The first-order valence-corrected chi connectivity index (χ1v) is 4.24. The summed E-state index contributed by atoms with van der Waals surface area (Å²) in [4.78, 5) is 15.1. The normalized spacial score (nSPS) is 12.3. The molecule has 0 saturated heterocycles. The summed E-state index contributed by atoms with van der Waals surface area (Å²) >= 11 is 5.50. The summed E-state index contributed by atoms with van der Waals surface area (Å²) in [5.41, 5.74) is -1.89. The molecule has 0 atom stereocenters. The summed E-state index contributed by atoms with van der Waals surface area (Å²) in [6.45, 7) is 0. The Bertz CT molecular complexity index is 569. The minimum atomic E-state index is -4.55. The summed E-state index contributed by atoms with van der Waals surface area (Å²) < 4.78 is 37.5. The molecule has 0 amide bonds. The van der Waals surface area contributed by atoms with E-state index >= 15 is 0 Å². The minimum absolute atomic E-state index is 0.0415. The molecular formula is C8H4ClF3N2O. The molecule has 0 aliphatic rings. The van der Waals surface area contributed by atoms with Gasteiger partial charge in [-0.25, -0.2) is 4.79 Å². The van der Waals surface area contributed by atoms with Gasteiger partial charge in [0.1, 0.15) is 0 Å². The largest absolute Gasteiger partial charge is 0.418 e. The third-order valence-electron chi connectivity index (χ3n) is 1.90. The molecule has 0 saturated carbocycles. The first-order valence-electron chi connectivity index (χ1n) is 3.86. The molecule has 1 aromatic heterocycles. The number of hydrogen-bond donors (Lipinski definition) is 2. The Kier molecular flexibility index (Phi) is 2.04. The molecule has 2 N–H and O–H groups in total. The van der Waals surface area contributed by atoms with Crippen LogP contribution in [0, 0.1) is 0 Å². The summed E-state index contributed by atoms with van der Waals surface area (Å²) in [5, 5.41) is -0.0786. The zero-order valence-electron chi connectivity index (χ0n) is 7.07. The molecule has 0 spiro atoms. The van der Waals surface area contributed by atoms with E-state index < -0.39 is 17.4 Å². The van der Waals surface area contributed by atoms with Crippen molar-refractivity contribution in [3.05, 3.63) is 33.2 Å². The van der Waals surface area contributed by atoms with Crippen LogP contribution in [0.4, 0.5) is 13.2 Å². The Morgan fingerprint density at radius 1 is 1.20 bits per heavy atom. The second-order valence-electron chi connectivity index (χ2n) is 2.95. The number of rotatable bonds is 0. The molecule has 0 aliphatic carbocycles. The van der Waals surface area contributed by atoms with Crippen LogP contribution >= 0.6 is 11.6 Å². The molecule has 0 fully saturated rings. The average Bonchev–Trinajstić information content (AvgIpc) is 2.41. The van der Waals surface area contributed by atoms with Crippen LogP contribution < -0.4 is 5.69 Å². The number of benzene rings is 1. The SMILES string of the molecule is O=c1[nH]c2cc(Cl)cc(C(F)(F)F)c2[nH]1. The van der Waals surface area contributed by atoms with Crippen molar-refractivity contribution in [2.45, 2.75) is 6.18 Å². The smallest absolute Gasteiger partial charge is 0.306 e. The third-order valence-corrected chi connectivity index (χ3v) is 2.11. The van der Waals surface area contributed by atoms with Crippen molar-refractivity contribution < 1.29 is 13.2 Å². The molecule has 2 aromatic rings. The molecule has 0 radical (unpaired) electrons. The zero-order valence-corrected chi connectivity index (χ0v) is 7.83. The quantitative estimate of drug-likeness (QED) is 0.726. The van der Waals surface area contributed by atoms with E-state index in [4.69, 9.17) is 11.6 Å². The first-order chi connectivity index (χ1) is 6.88. The van der Waals surface area contributed by atoms with Gasteiger partial charge in [0.25, 0.3) is 0 Å². The number of H-pyrrole nitrogens is 2. The van der Waals surface area contributed by atoms with Crippen molar-refractivity contribution in [2.75, 3.05) is 0 Å². The Morgan fingerprint density at radius 2 is 1.87 bits per heavy atom. The molecule has 0 unspecified atom stereocenters. The maximum atomic E-state index is 12.5. The lowest BCUT2D eigenvalue weighted by Gasteiger charge is -2.07. The molecular weight excluding hydrogens is 233 g/mol. The van der Waals surface area contributed by atoms with Gasteiger partial charge in [0, 0.05) is 5.02 Å². The van der Waals surface area contributed by atoms with Crippen LogP contribution in [0.3, 0.4) is 0 Å². The van der Waals surface area contributed by atoms with Crippen molar-refractivity contribution >= 4 is 22.6 Å². The highest BCUT2D eigenvalue weighted by Gasteiger charge is 2.33. The van der Waals surface area contributed by atoms with Gasteiger partial charge in [-0.05, 0) is 12.1 Å². The van der Waals surface area contributed by atoms with E-state index in [1.807, 2.05) is 0 Å². The number of aromatic amines is 2. The minimum Gasteiger partial charge on any atom is -0.306 e. The molecule has 7 heteroatoms. The fourth-order valence-corrected chi connectivity index (χ4v) is 1.55. The van der Waals surface area contributed by atoms with Crippen LogP contribution in [0.5, 0.6) is 0 Å². The molecule has 3 nitrogen and oxygen atoms in total. The lowest BCUT2D eigenvalue weighted by Crippen LogP contribution is -2.06.